The number of fused-ring (bicyclic) bond motifs is 1. The van der Waals surface area contributed by atoms with E-state index in [0.29, 0.717) is 5.56 Å². The van der Waals surface area contributed by atoms with Gasteiger partial charge in [0.1, 0.15) is 5.82 Å². The molecule has 0 saturated heterocycles. The van der Waals surface area contributed by atoms with Crippen LogP contribution in [0.25, 0.3) is 0 Å². The van der Waals surface area contributed by atoms with E-state index in [4.69, 9.17) is 4.74 Å². The second kappa shape index (κ2) is 8.13. The Kier molecular flexibility index (Phi) is 5.66. The molecule has 0 aromatic heterocycles. The quantitative estimate of drug-likeness (QED) is 0.836. The number of rotatable bonds is 5. The fourth-order valence-corrected chi connectivity index (χ4v) is 3.25. The molecule has 2 atom stereocenters. The molecule has 0 bridgehead atoms. The van der Waals surface area contributed by atoms with E-state index in [0.717, 1.165) is 24.8 Å². The van der Waals surface area contributed by atoms with E-state index in [2.05, 4.69) is 11.4 Å². The maximum absolute atomic E-state index is 12.9. The van der Waals surface area contributed by atoms with Gasteiger partial charge in [-0.1, -0.05) is 36.4 Å². The van der Waals surface area contributed by atoms with Gasteiger partial charge in [-0.3, -0.25) is 9.59 Å². The van der Waals surface area contributed by atoms with Crippen molar-refractivity contribution in [2.45, 2.75) is 44.8 Å². The molecule has 2 aromatic rings. The summed E-state index contributed by atoms with van der Waals surface area (Å²) in [6.45, 7) is 1.56. The molecule has 1 aliphatic carbocycles. The largest absolute Gasteiger partial charge is 0.452 e. The van der Waals surface area contributed by atoms with Crippen molar-refractivity contribution in [1.82, 2.24) is 5.32 Å². The van der Waals surface area contributed by atoms with E-state index in [-0.39, 0.29) is 24.2 Å². The number of hydrogen-bond donors (Lipinski definition) is 1. The summed E-state index contributed by atoms with van der Waals surface area (Å²) in [6, 6.07) is 13.7. The maximum atomic E-state index is 12.9. The summed E-state index contributed by atoms with van der Waals surface area (Å²) < 4.78 is 18.1. The molecular weight excluding hydrogens is 333 g/mol. The molecule has 1 N–H and O–H groups in total. The molecular formula is C21H22FNO3. The van der Waals surface area contributed by atoms with Gasteiger partial charge < -0.3 is 10.1 Å². The van der Waals surface area contributed by atoms with Crippen molar-refractivity contribution in [3.63, 3.8) is 0 Å². The molecule has 4 nitrogen and oxygen atoms in total. The number of halogens is 1. The van der Waals surface area contributed by atoms with Gasteiger partial charge in [0.05, 0.1) is 12.5 Å². The van der Waals surface area contributed by atoms with E-state index < -0.39 is 12.1 Å². The third kappa shape index (κ3) is 4.48. The number of esters is 1. The van der Waals surface area contributed by atoms with Crippen LogP contribution in [0, 0.1) is 5.82 Å². The van der Waals surface area contributed by atoms with Crippen molar-refractivity contribution in [3.05, 3.63) is 71.0 Å². The molecule has 0 aliphatic heterocycles. The van der Waals surface area contributed by atoms with Gasteiger partial charge in [-0.15, -0.1) is 0 Å². The third-order valence-electron chi connectivity index (χ3n) is 4.63. The highest BCUT2D eigenvalue weighted by Crippen LogP contribution is 2.29. The van der Waals surface area contributed by atoms with Gasteiger partial charge >= 0.3 is 5.97 Å². The first-order valence-electron chi connectivity index (χ1n) is 8.85. The predicted molar refractivity (Wildman–Crippen MR) is 95.9 cm³/mol. The lowest BCUT2D eigenvalue weighted by molar-refractivity contribution is -0.154. The minimum Gasteiger partial charge on any atom is -0.452 e. The van der Waals surface area contributed by atoms with E-state index >= 15 is 0 Å². The van der Waals surface area contributed by atoms with Crippen LogP contribution in [-0.2, 0) is 27.2 Å². The lowest BCUT2D eigenvalue weighted by Gasteiger charge is -2.27. The number of ether oxygens (including phenoxy) is 1. The zero-order chi connectivity index (χ0) is 18.5. The maximum Gasteiger partial charge on any atom is 0.311 e. The highest BCUT2D eigenvalue weighted by Gasteiger charge is 2.25. The van der Waals surface area contributed by atoms with Crippen molar-refractivity contribution in [2.75, 3.05) is 0 Å². The smallest absolute Gasteiger partial charge is 0.311 e. The lowest BCUT2D eigenvalue weighted by Crippen LogP contribution is -2.39. The van der Waals surface area contributed by atoms with Crippen LogP contribution in [0.15, 0.2) is 48.5 Å². The van der Waals surface area contributed by atoms with Crippen molar-refractivity contribution in [3.8, 4) is 0 Å². The summed E-state index contributed by atoms with van der Waals surface area (Å²) in [4.78, 5) is 24.4. The van der Waals surface area contributed by atoms with Crippen LogP contribution in [0.1, 0.15) is 42.5 Å². The van der Waals surface area contributed by atoms with Crippen molar-refractivity contribution >= 4 is 11.9 Å². The SMILES string of the molecule is C[C@@H](OC(=O)Cc1ccc(F)cc1)C(=O)N[C@H]1CCCc2ccccc21. The topological polar surface area (TPSA) is 55.4 Å². The second-order valence-electron chi connectivity index (χ2n) is 6.59. The number of carbonyl (C=O) groups excluding carboxylic acids is 2. The molecule has 0 unspecified atom stereocenters. The number of nitrogens with one attached hydrogen (secondary N) is 1. The molecule has 3 rings (SSSR count). The number of aryl methyl sites for hydroxylation is 1. The number of hydrogen-bond acceptors (Lipinski definition) is 3. The molecule has 0 heterocycles. The first-order chi connectivity index (χ1) is 12.5. The average Bonchev–Trinajstić information content (AvgIpc) is 2.64. The third-order valence-corrected chi connectivity index (χ3v) is 4.63. The summed E-state index contributed by atoms with van der Waals surface area (Å²) >= 11 is 0. The van der Waals surface area contributed by atoms with Gasteiger partial charge in [0, 0.05) is 0 Å². The molecule has 1 aliphatic rings. The Bertz CT molecular complexity index is 788. The monoisotopic (exact) mass is 355 g/mol. The molecule has 2 aromatic carbocycles. The zero-order valence-corrected chi connectivity index (χ0v) is 14.7. The normalized spacial score (nSPS) is 17.1. The van der Waals surface area contributed by atoms with E-state index in [1.165, 1.54) is 29.8 Å². The van der Waals surface area contributed by atoms with Crippen LogP contribution in [0.2, 0.25) is 0 Å². The Morgan fingerprint density at radius 2 is 1.92 bits per heavy atom. The average molecular weight is 355 g/mol. The van der Waals surface area contributed by atoms with Gasteiger partial charge in [0.25, 0.3) is 5.91 Å². The zero-order valence-electron chi connectivity index (χ0n) is 14.7. The standard InChI is InChI=1S/C21H22FNO3/c1-14(26-20(24)13-15-9-11-17(22)12-10-15)21(25)23-19-8-4-6-16-5-2-3-7-18(16)19/h2-3,5,7,9-12,14,19H,4,6,8,13H2,1H3,(H,23,25)/t14-,19+/m1/s1. The van der Waals surface area contributed by atoms with Crippen LogP contribution >= 0.6 is 0 Å². The second-order valence-corrected chi connectivity index (χ2v) is 6.59. The van der Waals surface area contributed by atoms with Gasteiger partial charge in [0.2, 0.25) is 0 Å². The summed E-state index contributed by atoms with van der Waals surface area (Å²) in [5, 5.41) is 2.99. The summed E-state index contributed by atoms with van der Waals surface area (Å²) in [5.74, 6) is -1.18. The Hall–Kier alpha value is -2.69. The van der Waals surface area contributed by atoms with Crippen LogP contribution in [-0.4, -0.2) is 18.0 Å². The van der Waals surface area contributed by atoms with Crippen molar-refractivity contribution in [2.24, 2.45) is 0 Å². The number of benzene rings is 2. The van der Waals surface area contributed by atoms with Crippen LogP contribution in [0.3, 0.4) is 0 Å². The molecule has 0 spiro atoms. The molecule has 136 valence electrons. The van der Waals surface area contributed by atoms with E-state index in [1.807, 2.05) is 18.2 Å². The van der Waals surface area contributed by atoms with E-state index in [1.54, 1.807) is 6.92 Å². The molecule has 1 amide bonds. The molecule has 0 radical (unpaired) electrons. The summed E-state index contributed by atoms with van der Waals surface area (Å²) in [7, 11) is 0. The first kappa shape index (κ1) is 18.1. The number of amides is 1. The Morgan fingerprint density at radius 1 is 1.19 bits per heavy atom. The van der Waals surface area contributed by atoms with Gasteiger partial charge in [-0.2, -0.15) is 0 Å². The first-order valence-corrected chi connectivity index (χ1v) is 8.85. The number of carbonyl (C=O) groups is 2. The van der Waals surface area contributed by atoms with Crippen LogP contribution in [0.4, 0.5) is 4.39 Å². The van der Waals surface area contributed by atoms with Crippen LogP contribution < -0.4 is 5.32 Å². The molecule has 5 heteroatoms. The molecule has 26 heavy (non-hydrogen) atoms. The van der Waals surface area contributed by atoms with E-state index in [9.17, 15) is 14.0 Å². The summed E-state index contributed by atoms with van der Waals surface area (Å²) in [5.41, 5.74) is 3.03. The van der Waals surface area contributed by atoms with Gasteiger partial charge in [-0.05, 0) is 55.0 Å². The highest BCUT2D eigenvalue weighted by atomic mass is 19.1. The fraction of sp³-hybridized carbons (Fsp3) is 0.333. The van der Waals surface area contributed by atoms with Crippen molar-refractivity contribution in [1.29, 1.82) is 0 Å². The highest BCUT2D eigenvalue weighted by molar-refractivity contribution is 5.84. The minimum absolute atomic E-state index is 0.00413. The Labute approximate surface area is 152 Å². The Balaban J connectivity index is 1.55. The van der Waals surface area contributed by atoms with Crippen molar-refractivity contribution < 1.29 is 18.7 Å². The minimum atomic E-state index is -0.878. The summed E-state index contributed by atoms with van der Waals surface area (Å²) in [6.07, 6.45) is 2.03. The van der Waals surface area contributed by atoms with Crippen LogP contribution in [0.5, 0.6) is 0 Å². The Morgan fingerprint density at radius 3 is 2.69 bits per heavy atom. The van der Waals surface area contributed by atoms with Gasteiger partial charge in [0.15, 0.2) is 6.10 Å². The fourth-order valence-electron chi connectivity index (χ4n) is 3.25. The molecule has 0 saturated carbocycles. The lowest BCUT2D eigenvalue weighted by atomic mass is 9.87. The molecule has 0 fully saturated rings. The predicted octanol–water partition coefficient (Wildman–Crippen LogP) is 3.49. The van der Waals surface area contributed by atoms with Gasteiger partial charge in [-0.25, -0.2) is 4.39 Å².